The van der Waals surface area contributed by atoms with Gasteiger partial charge in [-0.1, -0.05) is 0 Å². The molecular weight excluding hydrogens is 529 g/mol. The quantitative estimate of drug-likeness (QED) is 0.328. The van der Waals surface area contributed by atoms with E-state index in [0.717, 1.165) is 37.4 Å². The molecule has 3 heterocycles. The van der Waals surface area contributed by atoms with Gasteiger partial charge < -0.3 is 0 Å². The molecule has 7 nitrogen and oxygen atoms in total. The van der Waals surface area contributed by atoms with Gasteiger partial charge in [0.25, 0.3) is 0 Å². The number of alkyl halides is 3. The summed E-state index contributed by atoms with van der Waals surface area (Å²) in [4.78, 5) is 7.69. The molecule has 1 aliphatic rings. The Morgan fingerprint density at radius 2 is 1.84 bits per heavy atom. The summed E-state index contributed by atoms with van der Waals surface area (Å²) < 4.78 is 95.2. The zero-order chi connectivity index (χ0) is 27.4. The first-order valence-corrected chi connectivity index (χ1v) is 12.8. The SMILES string of the molecule is C[C@H](NS(=O)(=O)c1ccc(-c2c(C#N)c3cc(F)c(C4CC4)cc3n2-c2ccc(F)cn2)nc1)C(F)(F)F. The minimum absolute atomic E-state index is 0.0132. The van der Waals surface area contributed by atoms with Crippen LogP contribution in [0.3, 0.4) is 0 Å². The first-order valence-electron chi connectivity index (χ1n) is 11.4. The van der Waals surface area contributed by atoms with Crippen LogP contribution in [0, 0.1) is 23.0 Å². The van der Waals surface area contributed by atoms with Crippen LogP contribution in [0.15, 0.2) is 53.7 Å². The van der Waals surface area contributed by atoms with E-state index in [1.807, 2.05) is 6.07 Å². The topological polar surface area (TPSA) is 101 Å². The Morgan fingerprint density at radius 3 is 2.39 bits per heavy atom. The summed E-state index contributed by atoms with van der Waals surface area (Å²) in [5.41, 5.74) is 1.10. The molecule has 4 aromatic rings. The molecule has 1 aromatic carbocycles. The van der Waals surface area contributed by atoms with Gasteiger partial charge in [0.2, 0.25) is 10.0 Å². The van der Waals surface area contributed by atoms with Gasteiger partial charge in [-0.05, 0) is 67.6 Å². The Morgan fingerprint density at radius 1 is 1.11 bits per heavy atom. The molecule has 0 radical (unpaired) electrons. The van der Waals surface area contributed by atoms with Gasteiger partial charge in [0.15, 0.2) is 0 Å². The molecule has 1 aliphatic carbocycles. The summed E-state index contributed by atoms with van der Waals surface area (Å²) >= 11 is 0. The van der Waals surface area contributed by atoms with Gasteiger partial charge in [0, 0.05) is 11.6 Å². The van der Waals surface area contributed by atoms with Crippen molar-refractivity contribution in [3.05, 3.63) is 71.6 Å². The van der Waals surface area contributed by atoms with Crippen LogP contribution in [0.2, 0.25) is 0 Å². The van der Waals surface area contributed by atoms with Crippen LogP contribution in [0.5, 0.6) is 0 Å². The predicted molar refractivity (Wildman–Crippen MR) is 127 cm³/mol. The lowest BCUT2D eigenvalue weighted by atomic mass is 10.0. The molecule has 196 valence electrons. The number of benzene rings is 1. The standard InChI is InChI=1S/C25H18F5N5O2S/c1-13(25(28,29)30)34-38(36,37)16-5-6-21(32-12-16)24-19(10-31)18-8-20(27)17(14-2-3-14)9-22(18)35(24)23-7-4-15(26)11-33-23/h4-9,11-14,34H,2-3H2,1H3/t13-/m0/s1. The smallest absolute Gasteiger partial charge is 0.291 e. The van der Waals surface area contributed by atoms with E-state index in [1.165, 1.54) is 22.8 Å². The Labute approximate surface area is 213 Å². The lowest BCUT2D eigenvalue weighted by Crippen LogP contribution is -2.42. The van der Waals surface area contributed by atoms with Crippen molar-refractivity contribution in [3.63, 3.8) is 0 Å². The van der Waals surface area contributed by atoms with Crippen molar-refractivity contribution in [2.45, 2.75) is 42.8 Å². The maximum atomic E-state index is 14.9. The highest BCUT2D eigenvalue weighted by molar-refractivity contribution is 7.89. The molecule has 38 heavy (non-hydrogen) atoms. The second-order valence-corrected chi connectivity index (χ2v) is 10.6. The summed E-state index contributed by atoms with van der Waals surface area (Å²) in [5, 5.41) is 10.3. The molecule has 0 unspecified atom stereocenters. The molecule has 0 bridgehead atoms. The lowest BCUT2D eigenvalue weighted by molar-refractivity contribution is -0.147. The van der Waals surface area contributed by atoms with Crippen LogP contribution >= 0.6 is 0 Å². The molecule has 1 N–H and O–H groups in total. The van der Waals surface area contributed by atoms with E-state index in [9.17, 15) is 35.6 Å². The summed E-state index contributed by atoms with van der Waals surface area (Å²) in [6.45, 7) is 0.668. The molecule has 13 heteroatoms. The molecule has 3 aromatic heterocycles. The first-order chi connectivity index (χ1) is 17.9. The van der Waals surface area contributed by atoms with Crippen molar-refractivity contribution < 1.29 is 30.4 Å². The minimum atomic E-state index is -4.79. The average molecular weight is 548 g/mol. The van der Waals surface area contributed by atoms with Crippen LogP contribution in [0.25, 0.3) is 28.1 Å². The number of sulfonamides is 1. The maximum absolute atomic E-state index is 14.9. The number of fused-ring (bicyclic) bond motifs is 1. The van der Waals surface area contributed by atoms with E-state index in [-0.39, 0.29) is 34.1 Å². The molecule has 1 fully saturated rings. The fourth-order valence-electron chi connectivity index (χ4n) is 4.17. The molecule has 1 saturated carbocycles. The molecule has 0 aliphatic heterocycles. The number of nitriles is 1. The van der Waals surface area contributed by atoms with Crippen LogP contribution < -0.4 is 4.72 Å². The summed E-state index contributed by atoms with van der Waals surface area (Å²) in [5.74, 6) is -0.857. The van der Waals surface area contributed by atoms with Crippen molar-refractivity contribution in [2.24, 2.45) is 0 Å². The van der Waals surface area contributed by atoms with Crippen LogP contribution in [-0.2, 0) is 10.0 Å². The van der Waals surface area contributed by atoms with Crippen LogP contribution in [-0.4, -0.2) is 35.2 Å². The number of hydrogen-bond donors (Lipinski definition) is 1. The van der Waals surface area contributed by atoms with Crippen LogP contribution in [0.1, 0.15) is 36.8 Å². The molecular formula is C25H18F5N5O2S. The third-order valence-corrected chi connectivity index (χ3v) is 7.79. The second-order valence-electron chi connectivity index (χ2n) is 8.93. The molecule has 5 rings (SSSR count). The van der Waals surface area contributed by atoms with E-state index in [0.29, 0.717) is 18.0 Å². The van der Waals surface area contributed by atoms with E-state index >= 15 is 0 Å². The first kappa shape index (κ1) is 25.7. The monoisotopic (exact) mass is 547 g/mol. The van der Waals surface area contributed by atoms with Gasteiger partial charge in [0.05, 0.1) is 28.7 Å². The molecule has 0 spiro atoms. The van der Waals surface area contributed by atoms with Crippen molar-refractivity contribution >= 4 is 20.9 Å². The van der Waals surface area contributed by atoms with Crippen LogP contribution in [0.4, 0.5) is 22.0 Å². The summed E-state index contributed by atoms with van der Waals surface area (Å²) in [7, 11) is -4.57. The van der Waals surface area contributed by atoms with Gasteiger partial charge in [0.1, 0.15) is 34.5 Å². The Hall–Kier alpha value is -3.89. The number of rotatable bonds is 6. The molecule has 0 saturated heterocycles. The van der Waals surface area contributed by atoms with Gasteiger partial charge in [-0.15, -0.1) is 0 Å². The average Bonchev–Trinajstić information content (AvgIpc) is 3.65. The normalized spacial score (nSPS) is 15.0. The van der Waals surface area contributed by atoms with Crippen molar-refractivity contribution in [1.82, 2.24) is 19.3 Å². The number of pyridine rings is 2. The third-order valence-electron chi connectivity index (χ3n) is 6.27. The Balaban J connectivity index is 1.69. The highest BCUT2D eigenvalue weighted by Crippen LogP contribution is 2.44. The molecule has 1 atom stereocenters. The van der Waals surface area contributed by atoms with Gasteiger partial charge in [-0.3, -0.25) is 9.55 Å². The van der Waals surface area contributed by atoms with Gasteiger partial charge in [-0.25, -0.2) is 22.2 Å². The van der Waals surface area contributed by atoms with E-state index in [4.69, 9.17) is 0 Å². The van der Waals surface area contributed by atoms with Gasteiger partial charge in [-0.2, -0.15) is 23.2 Å². The van der Waals surface area contributed by atoms with E-state index in [2.05, 4.69) is 9.97 Å². The Kier molecular flexibility index (Phi) is 6.19. The zero-order valence-electron chi connectivity index (χ0n) is 19.6. The number of hydrogen-bond acceptors (Lipinski definition) is 5. The van der Waals surface area contributed by atoms with Gasteiger partial charge >= 0.3 is 6.18 Å². The fourth-order valence-corrected chi connectivity index (χ4v) is 5.35. The van der Waals surface area contributed by atoms with E-state index in [1.54, 1.807) is 10.8 Å². The number of aromatic nitrogens is 3. The number of halogens is 5. The van der Waals surface area contributed by atoms with Crippen molar-refractivity contribution in [1.29, 1.82) is 5.26 Å². The minimum Gasteiger partial charge on any atom is -0.291 e. The molecule has 0 amide bonds. The predicted octanol–water partition coefficient (Wildman–Crippen LogP) is 5.34. The highest BCUT2D eigenvalue weighted by atomic mass is 32.2. The lowest BCUT2D eigenvalue weighted by Gasteiger charge is -2.17. The maximum Gasteiger partial charge on any atom is 0.404 e. The number of nitrogens with zero attached hydrogens (tertiary/aromatic N) is 4. The van der Waals surface area contributed by atoms with Crippen molar-refractivity contribution in [2.75, 3.05) is 0 Å². The zero-order valence-corrected chi connectivity index (χ0v) is 20.4. The van der Waals surface area contributed by atoms with E-state index < -0.39 is 38.8 Å². The largest absolute Gasteiger partial charge is 0.404 e. The number of nitrogens with one attached hydrogen (secondary N) is 1. The summed E-state index contributed by atoms with van der Waals surface area (Å²) in [6, 6.07) is 7.34. The fraction of sp³-hybridized carbons (Fsp3) is 0.240. The highest BCUT2D eigenvalue weighted by Gasteiger charge is 2.39. The second kappa shape index (κ2) is 9.14. The summed E-state index contributed by atoms with van der Waals surface area (Å²) in [6.07, 6.45) is -1.33. The Bertz CT molecular complexity index is 1690. The third kappa shape index (κ3) is 4.61. The van der Waals surface area contributed by atoms with Crippen molar-refractivity contribution in [3.8, 4) is 23.3 Å².